The quantitative estimate of drug-likeness (QED) is 0.478. The number of aromatic hydroxyl groups is 1. The average Bonchev–Trinajstić information content (AvgIpc) is 3.14. The van der Waals surface area contributed by atoms with E-state index in [2.05, 4.69) is 5.32 Å². The van der Waals surface area contributed by atoms with E-state index in [-0.39, 0.29) is 11.6 Å². The van der Waals surface area contributed by atoms with Crippen molar-refractivity contribution in [2.45, 2.75) is 31.0 Å². The molecule has 172 valence electrons. The van der Waals surface area contributed by atoms with Crippen LogP contribution in [0.4, 0.5) is 19.3 Å². The first kappa shape index (κ1) is 22.5. The van der Waals surface area contributed by atoms with E-state index in [1.54, 1.807) is 12.1 Å². The number of hydrogen-bond donors (Lipinski definition) is 3. The lowest BCUT2D eigenvalue weighted by atomic mass is 9.92. The second-order valence-corrected chi connectivity index (χ2v) is 7.92. The third-order valence-electron chi connectivity index (χ3n) is 5.85. The van der Waals surface area contributed by atoms with Gasteiger partial charge in [0.15, 0.2) is 0 Å². The van der Waals surface area contributed by atoms with E-state index in [1.165, 1.54) is 66.6 Å². The molecule has 3 N–H and O–H groups in total. The molecule has 2 amide bonds. The zero-order valence-electron chi connectivity index (χ0n) is 17.9. The number of carbonyl (C=O) groups excluding carboxylic acids is 1. The second-order valence-electron chi connectivity index (χ2n) is 7.92. The van der Waals surface area contributed by atoms with Gasteiger partial charge < -0.3 is 20.3 Å². The Bertz CT molecular complexity index is 1120. The summed E-state index contributed by atoms with van der Waals surface area (Å²) in [5.41, 5.74) is 1.52. The third-order valence-corrected chi connectivity index (χ3v) is 5.85. The highest BCUT2D eigenvalue weighted by Crippen LogP contribution is 2.41. The topological polar surface area (TPSA) is 82.0 Å². The van der Waals surface area contributed by atoms with Crippen LogP contribution in [0.5, 0.6) is 11.5 Å². The van der Waals surface area contributed by atoms with Crippen molar-refractivity contribution in [3.05, 3.63) is 89.5 Å². The van der Waals surface area contributed by atoms with E-state index in [0.29, 0.717) is 35.4 Å². The largest absolute Gasteiger partial charge is 0.507 e. The molecule has 3 aromatic carbocycles. The van der Waals surface area contributed by atoms with Crippen LogP contribution in [-0.2, 0) is 0 Å². The van der Waals surface area contributed by atoms with Crippen LogP contribution in [0.3, 0.4) is 0 Å². The number of hydrogen-bond acceptors (Lipinski definition) is 4. The van der Waals surface area contributed by atoms with Crippen LogP contribution in [0, 0.1) is 11.6 Å². The van der Waals surface area contributed by atoms with Crippen molar-refractivity contribution in [3.8, 4) is 11.5 Å². The van der Waals surface area contributed by atoms with Crippen LogP contribution in [0.1, 0.15) is 36.1 Å². The number of ether oxygens (including phenoxy) is 1. The Morgan fingerprint density at radius 3 is 2.27 bits per heavy atom. The Morgan fingerprint density at radius 1 is 1.03 bits per heavy atom. The number of amides is 2. The number of phenols is 1. The summed E-state index contributed by atoms with van der Waals surface area (Å²) in [5.74, 6) is -0.405. The van der Waals surface area contributed by atoms with Gasteiger partial charge in [0.2, 0.25) is 0 Å². The summed E-state index contributed by atoms with van der Waals surface area (Å²) in [6.07, 6.45) is -0.188. The monoisotopic (exact) mass is 454 g/mol. The van der Waals surface area contributed by atoms with E-state index in [0.717, 1.165) is 0 Å². The van der Waals surface area contributed by atoms with Gasteiger partial charge in [-0.2, -0.15) is 0 Å². The highest BCUT2D eigenvalue weighted by atomic mass is 19.1. The first-order valence-corrected chi connectivity index (χ1v) is 10.5. The van der Waals surface area contributed by atoms with Crippen molar-refractivity contribution in [2.24, 2.45) is 0 Å². The van der Waals surface area contributed by atoms with E-state index in [9.17, 15) is 23.8 Å². The lowest BCUT2D eigenvalue weighted by Crippen LogP contribution is -2.29. The number of anilines is 1. The molecule has 0 spiro atoms. The van der Waals surface area contributed by atoms with Crippen molar-refractivity contribution in [2.75, 3.05) is 12.0 Å². The van der Waals surface area contributed by atoms with E-state index >= 15 is 0 Å². The summed E-state index contributed by atoms with van der Waals surface area (Å²) in [4.78, 5) is 14.4. The van der Waals surface area contributed by atoms with Crippen molar-refractivity contribution < 1.29 is 28.5 Å². The molecule has 1 unspecified atom stereocenters. The van der Waals surface area contributed by atoms with Crippen LogP contribution in [0.15, 0.2) is 66.7 Å². The number of nitrogens with one attached hydrogen (secondary N) is 1. The molecule has 4 rings (SSSR count). The Kier molecular flexibility index (Phi) is 6.46. The summed E-state index contributed by atoms with van der Waals surface area (Å²) in [6.45, 7) is 0. The normalized spacial score (nSPS) is 18.8. The summed E-state index contributed by atoms with van der Waals surface area (Å²) < 4.78 is 31.8. The second kappa shape index (κ2) is 9.46. The lowest BCUT2D eigenvalue weighted by molar-refractivity contribution is 0.159. The number of benzene rings is 3. The number of urea groups is 1. The maximum absolute atomic E-state index is 13.5. The highest BCUT2D eigenvalue weighted by molar-refractivity contribution is 5.96. The van der Waals surface area contributed by atoms with Gasteiger partial charge >= 0.3 is 6.03 Å². The summed E-state index contributed by atoms with van der Waals surface area (Å²) in [7, 11) is 1.49. The Balaban J connectivity index is 1.64. The highest BCUT2D eigenvalue weighted by Gasteiger charge is 2.42. The van der Waals surface area contributed by atoms with Crippen molar-refractivity contribution in [1.82, 2.24) is 5.32 Å². The van der Waals surface area contributed by atoms with E-state index in [4.69, 9.17) is 4.74 Å². The molecule has 1 saturated heterocycles. The number of nitrogens with zero attached hydrogens (tertiary/aromatic N) is 1. The number of methoxy groups -OCH3 is 1. The fraction of sp³-hybridized carbons (Fsp3) is 0.240. The fourth-order valence-electron chi connectivity index (χ4n) is 4.17. The molecule has 0 bridgehead atoms. The molecular formula is C25H24F2N2O4. The van der Waals surface area contributed by atoms with Crippen LogP contribution < -0.4 is 15.0 Å². The van der Waals surface area contributed by atoms with Crippen LogP contribution in [-0.4, -0.2) is 29.4 Å². The predicted molar refractivity (Wildman–Crippen MR) is 119 cm³/mol. The molecule has 3 atom stereocenters. The molecule has 8 heteroatoms. The molecule has 0 saturated carbocycles. The number of rotatable bonds is 7. The number of carbonyl (C=O) groups is 1. The molecule has 1 heterocycles. The van der Waals surface area contributed by atoms with Gasteiger partial charge in [-0.3, -0.25) is 4.90 Å². The molecule has 1 fully saturated rings. The summed E-state index contributed by atoms with van der Waals surface area (Å²) >= 11 is 0. The van der Waals surface area contributed by atoms with Gasteiger partial charge in [-0.15, -0.1) is 0 Å². The van der Waals surface area contributed by atoms with Gasteiger partial charge in [-0.1, -0.05) is 12.1 Å². The van der Waals surface area contributed by atoms with Crippen LogP contribution in [0.25, 0.3) is 0 Å². The van der Waals surface area contributed by atoms with E-state index in [1.807, 2.05) is 0 Å². The minimum absolute atomic E-state index is 0.0490. The first-order chi connectivity index (χ1) is 15.9. The van der Waals surface area contributed by atoms with Gasteiger partial charge in [0.25, 0.3) is 0 Å². The van der Waals surface area contributed by atoms with Crippen LogP contribution in [0.2, 0.25) is 0 Å². The van der Waals surface area contributed by atoms with Gasteiger partial charge in [0.1, 0.15) is 23.1 Å². The van der Waals surface area contributed by atoms with Gasteiger partial charge in [0, 0.05) is 17.3 Å². The zero-order chi connectivity index (χ0) is 23.5. The average molecular weight is 454 g/mol. The number of halogens is 2. The third kappa shape index (κ3) is 4.75. The van der Waals surface area contributed by atoms with Crippen molar-refractivity contribution >= 4 is 11.7 Å². The summed E-state index contributed by atoms with van der Waals surface area (Å²) in [6, 6.07) is 14.5. The smallest absolute Gasteiger partial charge is 0.322 e. The Morgan fingerprint density at radius 2 is 1.67 bits per heavy atom. The molecule has 1 aliphatic heterocycles. The molecule has 6 nitrogen and oxygen atoms in total. The molecule has 0 aromatic heterocycles. The zero-order valence-corrected chi connectivity index (χ0v) is 17.9. The standard InChI is InChI=1S/C25H24F2N2O4/c1-33-19-10-11-20(23(31)14-19)24-21(12-13-22(30)15-2-4-16(26)5-3-15)28-25(32)29(24)18-8-6-17(27)7-9-18/h2-11,14,21-22,24,30-31H,12-13H2,1H3,(H,28,32)/t21-,22?,24-/m1/s1. The molecule has 3 aromatic rings. The molecule has 33 heavy (non-hydrogen) atoms. The minimum Gasteiger partial charge on any atom is -0.507 e. The minimum atomic E-state index is -0.854. The molecule has 1 aliphatic rings. The fourth-order valence-corrected chi connectivity index (χ4v) is 4.17. The van der Waals surface area contributed by atoms with Gasteiger partial charge in [-0.05, 0) is 66.9 Å². The first-order valence-electron chi connectivity index (χ1n) is 10.5. The number of aliphatic hydroxyl groups is 1. The van der Waals surface area contributed by atoms with Gasteiger partial charge in [0.05, 0.1) is 25.3 Å². The van der Waals surface area contributed by atoms with Crippen molar-refractivity contribution in [3.63, 3.8) is 0 Å². The summed E-state index contributed by atoms with van der Waals surface area (Å²) in [5, 5.41) is 24.2. The van der Waals surface area contributed by atoms with Crippen LogP contribution >= 0.6 is 0 Å². The maximum Gasteiger partial charge on any atom is 0.322 e. The maximum atomic E-state index is 13.5. The number of aliphatic hydroxyl groups excluding tert-OH is 1. The van der Waals surface area contributed by atoms with Crippen molar-refractivity contribution in [1.29, 1.82) is 0 Å². The molecular weight excluding hydrogens is 430 g/mol. The molecule has 0 radical (unpaired) electrons. The number of phenolic OH excluding ortho intramolecular Hbond substituents is 1. The Labute approximate surface area is 190 Å². The van der Waals surface area contributed by atoms with Gasteiger partial charge in [-0.25, -0.2) is 13.6 Å². The molecule has 0 aliphatic carbocycles. The van der Waals surface area contributed by atoms with E-state index < -0.39 is 30.0 Å². The predicted octanol–water partition coefficient (Wildman–Crippen LogP) is 4.83. The Hall–Kier alpha value is -3.65. The lowest BCUT2D eigenvalue weighted by Gasteiger charge is -2.28. The SMILES string of the molecule is COc1ccc([C@@H]2[C@@H](CCC(O)c3ccc(F)cc3)NC(=O)N2c2ccc(F)cc2)c(O)c1.